The number of primary amides is 1. The Morgan fingerprint density at radius 3 is 2.73 bits per heavy atom. The Balaban J connectivity index is 1.72. The highest BCUT2D eigenvalue weighted by molar-refractivity contribution is 7.12. The Kier molecular flexibility index (Phi) is 6.36. The molecule has 4 rings (SSSR count). The molecule has 4 aromatic rings. The highest BCUT2D eigenvalue weighted by atomic mass is 32.1. The minimum absolute atomic E-state index is 0.0282. The van der Waals surface area contributed by atoms with Crippen LogP contribution in [0.3, 0.4) is 0 Å². The minimum atomic E-state index is -0.653. The number of hydrogen-bond donors (Lipinski definition) is 2. The monoisotopic (exact) mass is 467 g/mol. The van der Waals surface area contributed by atoms with Crippen LogP contribution in [0.15, 0.2) is 42.0 Å². The van der Waals surface area contributed by atoms with Crippen molar-refractivity contribution in [1.29, 1.82) is 0 Å². The lowest BCUT2D eigenvalue weighted by atomic mass is 10.1. The number of amides is 1. The predicted octanol–water partition coefficient (Wildman–Crippen LogP) is 4.92. The van der Waals surface area contributed by atoms with E-state index in [0.29, 0.717) is 46.2 Å². The van der Waals surface area contributed by atoms with Gasteiger partial charge in [0.2, 0.25) is 0 Å². The lowest BCUT2D eigenvalue weighted by Crippen LogP contribution is -2.10. The molecule has 0 bridgehead atoms. The number of anilines is 2. The zero-order valence-corrected chi connectivity index (χ0v) is 19.1. The number of benzene rings is 2. The first kappa shape index (κ1) is 22.4. The van der Waals surface area contributed by atoms with Crippen LogP contribution in [0.5, 0.6) is 11.5 Å². The van der Waals surface area contributed by atoms with Gasteiger partial charge in [0.15, 0.2) is 16.5 Å². The van der Waals surface area contributed by atoms with E-state index < -0.39 is 11.7 Å². The van der Waals surface area contributed by atoms with Gasteiger partial charge in [-0.2, -0.15) is 0 Å². The molecule has 0 unspecified atom stereocenters. The molecule has 2 aromatic carbocycles. The summed E-state index contributed by atoms with van der Waals surface area (Å²) in [5.74, 6) is 0.577. The second kappa shape index (κ2) is 9.37. The van der Waals surface area contributed by atoms with Gasteiger partial charge in [0.25, 0.3) is 5.91 Å². The number of nitrogens with one attached hydrogen (secondary N) is 1. The van der Waals surface area contributed by atoms with E-state index in [1.54, 1.807) is 17.5 Å². The number of nitrogens with zero attached hydrogens (tertiary/aromatic N) is 3. The third-order valence-corrected chi connectivity index (χ3v) is 5.44. The van der Waals surface area contributed by atoms with Gasteiger partial charge in [-0.1, -0.05) is 0 Å². The van der Waals surface area contributed by atoms with Crippen molar-refractivity contribution in [3.8, 4) is 22.8 Å². The summed E-state index contributed by atoms with van der Waals surface area (Å²) in [5, 5.41) is 5.64. The van der Waals surface area contributed by atoms with Gasteiger partial charge in [-0.25, -0.2) is 19.3 Å². The van der Waals surface area contributed by atoms with Crippen LogP contribution in [0.1, 0.15) is 30.6 Å². The van der Waals surface area contributed by atoms with Crippen LogP contribution < -0.4 is 20.5 Å². The molecular formula is C23H22FN5O3S. The van der Waals surface area contributed by atoms with Crippen molar-refractivity contribution >= 4 is 39.7 Å². The van der Waals surface area contributed by atoms with E-state index in [-0.39, 0.29) is 16.7 Å². The number of thiazole rings is 1. The number of aromatic nitrogens is 3. The maximum atomic E-state index is 14.5. The van der Waals surface area contributed by atoms with Crippen LogP contribution in [-0.4, -0.2) is 33.6 Å². The van der Waals surface area contributed by atoms with E-state index >= 15 is 0 Å². The summed E-state index contributed by atoms with van der Waals surface area (Å²) in [6, 6.07) is 8.15. The van der Waals surface area contributed by atoms with Crippen LogP contribution in [0.2, 0.25) is 0 Å². The number of fused-ring (bicyclic) bond motifs is 1. The second-order valence-corrected chi connectivity index (χ2v) is 8.22. The molecule has 0 aliphatic heterocycles. The molecule has 33 heavy (non-hydrogen) atoms. The van der Waals surface area contributed by atoms with E-state index in [2.05, 4.69) is 20.3 Å². The lowest BCUT2D eigenvalue weighted by molar-refractivity contribution is 0.1000. The van der Waals surface area contributed by atoms with Crippen molar-refractivity contribution in [2.24, 2.45) is 5.73 Å². The predicted molar refractivity (Wildman–Crippen MR) is 126 cm³/mol. The molecule has 0 saturated heterocycles. The van der Waals surface area contributed by atoms with Crippen molar-refractivity contribution in [2.45, 2.75) is 26.9 Å². The van der Waals surface area contributed by atoms with Crippen molar-refractivity contribution in [2.75, 3.05) is 11.9 Å². The summed E-state index contributed by atoms with van der Waals surface area (Å²) < 4.78 is 26.1. The van der Waals surface area contributed by atoms with Crippen LogP contribution >= 0.6 is 11.3 Å². The van der Waals surface area contributed by atoms with Gasteiger partial charge < -0.3 is 20.5 Å². The molecule has 1 amide bonds. The molecule has 2 aromatic heterocycles. The average molecular weight is 468 g/mol. The highest BCUT2D eigenvalue weighted by Gasteiger charge is 2.16. The maximum Gasteiger partial charge on any atom is 0.277 e. The van der Waals surface area contributed by atoms with Crippen molar-refractivity contribution in [3.05, 3.63) is 52.9 Å². The molecule has 0 saturated carbocycles. The van der Waals surface area contributed by atoms with E-state index in [0.717, 1.165) is 11.3 Å². The van der Waals surface area contributed by atoms with E-state index in [1.807, 2.05) is 32.9 Å². The summed E-state index contributed by atoms with van der Waals surface area (Å²) in [7, 11) is 0. The van der Waals surface area contributed by atoms with Crippen LogP contribution in [0.25, 0.3) is 22.2 Å². The third-order valence-electron chi connectivity index (χ3n) is 4.58. The molecule has 0 spiro atoms. The van der Waals surface area contributed by atoms with E-state index in [1.165, 1.54) is 12.4 Å². The highest BCUT2D eigenvalue weighted by Crippen LogP contribution is 2.36. The van der Waals surface area contributed by atoms with Gasteiger partial charge in [0.1, 0.15) is 18.0 Å². The fourth-order valence-electron chi connectivity index (χ4n) is 3.22. The molecule has 8 nitrogen and oxygen atoms in total. The smallest absolute Gasteiger partial charge is 0.277 e. The SMILES string of the molecule is CCOc1cc2c(Nc3ccc(F)c(-c4csc(C(N)=O)n4)c3)ncnc2cc1OC(C)C. The third kappa shape index (κ3) is 4.85. The fourth-order valence-corrected chi connectivity index (χ4v) is 3.89. The van der Waals surface area contributed by atoms with Crippen molar-refractivity contribution in [1.82, 2.24) is 15.0 Å². The van der Waals surface area contributed by atoms with Gasteiger partial charge in [-0.15, -0.1) is 11.3 Å². The normalized spacial score (nSPS) is 11.1. The summed E-state index contributed by atoms with van der Waals surface area (Å²) in [6.45, 7) is 6.24. The molecule has 170 valence electrons. The molecule has 0 aliphatic rings. The number of hydrogen-bond acceptors (Lipinski definition) is 8. The lowest BCUT2D eigenvalue weighted by Gasteiger charge is -2.16. The first-order valence-corrected chi connectivity index (χ1v) is 11.1. The van der Waals surface area contributed by atoms with Crippen molar-refractivity contribution in [3.63, 3.8) is 0 Å². The average Bonchev–Trinajstić information content (AvgIpc) is 3.26. The first-order valence-electron chi connectivity index (χ1n) is 10.3. The Morgan fingerprint density at radius 2 is 2.03 bits per heavy atom. The van der Waals surface area contributed by atoms with Crippen molar-refractivity contribution < 1.29 is 18.7 Å². The van der Waals surface area contributed by atoms with Gasteiger partial charge in [-0.3, -0.25) is 4.79 Å². The van der Waals surface area contributed by atoms with E-state index in [4.69, 9.17) is 15.2 Å². The summed E-state index contributed by atoms with van der Waals surface area (Å²) in [4.78, 5) is 24.2. The van der Waals surface area contributed by atoms with Crippen LogP contribution in [0, 0.1) is 5.82 Å². The standard InChI is InChI=1S/C23H22FN5O3S/c1-4-31-19-8-15-17(9-20(19)32-12(2)3)26-11-27-22(15)28-13-5-6-16(24)14(7-13)18-10-33-23(29-18)21(25)30/h5-12H,4H2,1-3H3,(H2,25,30)(H,26,27,28). The molecule has 0 atom stereocenters. The number of halogens is 1. The molecular weight excluding hydrogens is 445 g/mol. The second-order valence-electron chi connectivity index (χ2n) is 7.36. The summed E-state index contributed by atoms with van der Waals surface area (Å²) in [5.41, 5.74) is 7.09. The van der Waals surface area contributed by atoms with Gasteiger partial charge in [0, 0.05) is 28.1 Å². The largest absolute Gasteiger partial charge is 0.490 e. The van der Waals surface area contributed by atoms with Crippen LogP contribution in [0.4, 0.5) is 15.9 Å². The van der Waals surface area contributed by atoms with Crippen LogP contribution in [-0.2, 0) is 0 Å². The molecule has 3 N–H and O–H groups in total. The Hall–Kier alpha value is -3.79. The Morgan fingerprint density at radius 1 is 1.21 bits per heavy atom. The number of carbonyl (C=O) groups excluding carboxylic acids is 1. The molecule has 0 aliphatic carbocycles. The summed E-state index contributed by atoms with van der Waals surface area (Å²) in [6.07, 6.45) is 1.41. The zero-order valence-electron chi connectivity index (χ0n) is 18.3. The number of carbonyl (C=O) groups is 1. The zero-order chi connectivity index (χ0) is 23.5. The number of rotatable bonds is 8. The molecule has 0 fully saturated rings. The first-order chi connectivity index (χ1) is 15.9. The van der Waals surface area contributed by atoms with Gasteiger partial charge >= 0.3 is 0 Å². The number of ether oxygens (including phenoxy) is 2. The topological polar surface area (TPSA) is 112 Å². The Labute approximate surface area is 193 Å². The van der Waals surface area contributed by atoms with Gasteiger partial charge in [-0.05, 0) is 45.0 Å². The Bertz CT molecular complexity index is 1320. The quantitative estimate of drug-likeness (QED) is 0.378. The maximum absolute atomic E-state index is 14.5. The number of nitrogens with two attached hydrogens (primary N) is 1. The van der Waals surface area contributed by atoms with Gasteiger partial charge in [0.05, 0.1) is 23.9 Å². The molecule has 2 heterocycles. The minimum Gasteiger partial charge on any atom is -0.490 e. The summed E-state index contributed by atoms with van der Waals surface area (Å²) >= 11 is 1.07. The molecule has 0 radical (unpaired) electrons. The van der Waals surface area contributed by atoms with E-state index in [9.17, 15) is 9.18 Å². The fraction of sp³-hybridized carbons (Fsp3) is 0.217. The molecule has 10 heteroatoms.